The van der Waals surface area contributed by atoms with Gasteiger partial charge in [-0.1, -0.05) is 35.5 Å². The zero-order valence-corrected chi connectivity index (χ0v) is 19.9. The van der Waals surface area contributed by atoms with Gasteiger partial charge in [0.1, 0.15) is 5.03 Å². The lowest BCUT2D eigenvalue weighted by Gasteiger charge is -2.10. The molecule has 2 heterocycles. The molecule has 0 spiro atoms. The zero-order valence-electron chi connectivity index (χ0n) is 17.5. The van der Waals surface area contributed by atoms with Crippen molar-refractivity contribution in [3.8, 4) is 11.4 Å². The molecule has 9 heteroatoms. The first kappa shape index (κ1) is 23.1. The van der Waals surface area contributed by atoms with Gasteiger partial charge in [0.05, 0.1) is 34.9 Å². The molecule has 4 aromatic rings. The lowest BCUT2D eigenvalue weighted by molar-refractivity contribution is 0.0597. The summed E-state index contributed by atoms with van der Waals surface area (Å²) in [7, 11) is 0.0276. The standard InChI is InChI=1S/C24H18ClN3O3S2/c1-31-24(29)20-4-2-3-5-21(20)32-22-14-18(15-33(30)19-8-6-17(25)7-9-19)27-23(28-22)16-10-12-26-13-11-16/h2-14H,15H2,1H3/t33-/m0/s1. The van der Waals surface area contributed by atoms with Crippen LogP contribution in [0.25, 0.3) is 11.4 Å². The fraction of sp³-hybridized carbons (Fsp3) is 0.0833. The molecule has 0 saturated carbocycles. The van der Waals surface area contributed by atoms with Crippen molar-refractivity contribution < 1.29 is 13.7 Å². The van der Waals surface area contributed by atoms with E-state index in [1.54, 1.807) is 54.9 Å². The van der Waals surface area contributed by atoms with Crippen LogP contribution in [0.2, 0.25) is 5.02 Å². The van der Waals surface area contributed by atoms with Gasteiger partial charge in [-0.2, -0.15) is 0 Å². The quantitative estimate of drug-likeness (QED) is 0.249. The SMILES string of the molecule is COC(=O)c1ccccc1Sc1cc(C[S@](=O)c2ccc(Cl)cc2)nc(-c2ccncc2)n1. The summed E-state index contributed by atoms with van der Waals surface area (Å²) in [6.45, 7) is 0. The molecule has 0 bridgehead atoms. The molecule has 0 fully saturated rings. The van der Waals surface area contributed by atoms with Crippen LogP contribution in [0.5, 0.6) is 0 Å². The summed E-state index contributed by atoms with van der Waals surface area (Å²) in [6, 6.07) is 19.5. The smallest absolute Gasteiger partial charge is 0.339 e. The third kappa shape index (κ3) is 5.84. The average Bonchev–Trinajstić information content (AvgIpc) is 2.84. The van der Waals surface area contributed by atoms with E-state index < -0.39 is 16.8 Å². The molecule has 1 atom stereocenters. The summed E-state index contributed by atoms with van der Waals surface area (Å²) >= 11 is 7.27. The topological polar surface area (TPSA) is 82.0 Å². The third-order valence-corrected chi connectivity index (χ3v) is 7.16. The Hall–Kier alpha value is -3.07. The number of pyridine rings is 1. The number of hydrogen-bond donors (Lipinski definition) is 0. The molecule has 0 radical (unpaired) electrons. The molecule has 166 valence electrons. The molecule has 0 N–H and O–H groups in total. The molecular weight excluding hydrogens is 478 g/mol. The fourth-order valence-corrected chi connectivity index (χ4v) is 5.09. The minimum absolute atomic E-state index is 0.203. The number of methoxy groups -OCH3 is 1. The van der Waals surface area contributed by atoms with E-state index in [2.05, 4.69) is 15.0 Å². The number of rotatable bonds is 7. The van der Waals surface area contributed by atoms with Gasteiger partial charge in [-0.15, -0.1) is 0 Å². The summed E-state index contributed by atoms with van der Waals surface area (Å²) in [4.78, 5) is 26.9. The number of carbonyl (C=O) groups is 1. The molecule has 0 aliphatic rings. The number of nitrogens with zero attached hydrogens (tertiary/aromatic N) is 3. The van der Waals surface area contributed by atoms with Crippen LogP contribution >= 0.6 is 23.4 Å². The Labute approximate surface area is 202 Å². The van der Waals surface area contributed by atoms with Gasteiger partial charge < -0.3 is 4.74 Å². The highest BCUT2D eigenvalue weighted by Crippen LogP contribution is 2.31. The Kier molecular flexibility index (Phi) is 7.49. The van der Waals surface area contributed by atoms with Crippen LogP contribution < -0.4 is 0 Å². The van der Waals surface area contributed by atoms with E-state index in [0.29, 0.717) is 36.9 Å². The van der Waals surface area contributed by atoms with Crippen molar-refractivity contribution in [2.75, 3.05) is 7.11 Å². The minimum Gasteiger partial charge on any atom is -0.465 e. The number of ether oxygens (including phenoxy) is 1. The summed E-state index contributed by atoms with van der Waals surface area (Å²) < 4.78 is 17.9. The number of carbonyl (C=O) groups excluding carboxylic acids is 1. The van der Waals surface area contributed by atoms with E-state index >= 15 is 0 Å². The van der Waals surface area contributed by atoms with Gasteiger partial charge in [0.15, 0.2) is 5.82 Å². The van der Waals surface area contributed by atoms with Gasteiger partial charge in [0.25, 0.3) is 0 Å². The van der Waals surface area contributed by atoms with Crippen LogP contribution in [0.4, 0.5) is 0 Å². The van der Waals surface area contributed by atoms with E-state index in [-0.39, 0.29) is 5.75 Å². The van der Waals surface area contributed by atoms with Crippen LogP contribution in [-0.4, -0.2) is 32.2 Å². The zero-order chi connectivity index (χ0) is 23.2. The van der Waals surface area contributed by atoms with Gasteiger partial charge >= 0.3 is 5.97 Å². The molecule has 0 amide bonds. The second-order valence-corrected chi connectivity index (χ2v) is 9.74. The van der Waals surface area contributed by atoms with Crippen LogP contribution in [-0.2, 0) is 21.3 Å². The van der Waals surface area contributed by atoms with Crippen molar-refractivity contribution in [1.82, 2.24) is 15.0 Å². The number of benzene rings is 2. The van der Waals surface area contributed by atoms with Crippen molar-refractivity contribution in [2.45, 2.75) is 20.6 Å². The van der Waals surface area contributed by atoms with E-state index in [4.69, 9.17) is 16.3 Å². The molecule has 2 aromatic heterocycles. The third-order valence-electron chi connectivity index (χ3n) is 4.56. The van der Waals surface area contributed by atoms with Crippen molar-refractivity contribution in [3.05, 3.63) is 95.4 Å². The van der Waals surface area contributed by atoms with Crippen LogP contribution in [0, 0.1) is 0 Å². The number of halogens is 1. The maximum atomic E-state index is 13.0. The molecule has 0 aliphatic heterocycles. The molecule has 0 aliphatic carbocycles. The van der Waals surface area contributed by atoms with Crippen LogP contribution in [0.1, 0.15) is 16.1 Å². The Bertz CT molecular complexity index is 1300. The number of hydrogen-bond acceptors (Lipinski definition) is 7. The Morgan fingerprint density at radius 2 is 1.76 bits per heavy atom. The van der Waals surface area contributed by atoms with E-state index in [9.17, 15) is 9.00 Å². The average molecular weight is 496 g/mol. The highest BCUT2D eigenvalue weighted by Gasteiger charge is 2.16. The first-order chi connectivity index (χ1) is 16.0. The van der Waals surface area contributed by atoms with E-state index in [1.807, 2.05) is 24.3 Å². The van der Waals surface area contributed by atoms with Gasteiger partial charge in [-0.05, 0) is 54.6 Å². The van der Waals surface area contributed by atoms with Gasteiger partial charge in [-0.3, -0.25) is 9.19 Å². The van der Waals surface area contributed by atoms with Crippen molar-refractivity contribution >= 4 is 40.1 Å². The first-order valence-corrected chi connectivity index (χ1v) is 12.3. The molecule has 33 heavy (non-hydrogen) atoms. The van der Waals surface area contributed by atoms with Crippen molar-refractivity contribution in [2.24, 2.45) is 0 Å². The second kappa shape index (κ2) is 10.7. The Balaban J connectivity index is 1.71. The Morgan fingerprint density at radius 1 is 1.03 bits per heavy atom. The summed E-state index contributed by atoms with van der Waals surface area (Å²) in [6.07, 6.45) is 3.33. The monoisotopic (exact) mass is 495 g/mol. The molecule has 0 saturated heterocycles. The molecule has 4 rings (SSSR count). The predicted molar refractivity (Wildman–Crippen MR) is 129 cm³/mol. The summed E-state index contributed by atoms with van der Waals surface area (Å²) in [5.74, 6) is 0.265. The molecule has 6 nitrogen and oxygen atoms in total. The molecule has 2 aromatic carbocycles. The minimum atomic E-state index is -1.32. The number of esters is 1. The van der Waals surface area contributed by atoms with Crippen LogP contribution in [0.15, 0.2) is 93.9 Å². The second-order valence-electron chi connectivity index (χ2n) is 6.79. The highest BCUT2D eigenvalue weighted by atomic mass is 35.5. The summed E-state index contributed by atoms with van der Waals surface area (Å²) in [5.41, 5.74) is 1.84. The normalized spacial score (nSPS) is 11.7. The molecular formula is C24H18ClN3O3S2. The maximum absolute atomic E-state index is 13.0. The van der Waals surface area contributed by atoms with Crippen molar-refractivity contribution in [3.63, 3.8) is 0 Å². The largest absolute Gasteiger partial charge is 0.465 e. The predicted octanol–water partition coefficient (Wildman–Crippen LogP) is 5.44. The van der Waals surface area contributed by atoms with E-state index in [1.165, 1.54) is 18.9 Å². The number of aromatic nitrogens is 3. The first-order valence-electron chi connectivity index (χ1n) is 9.81. The van der Waals surface area contributed by atoms with E-state index in [0.717, 1.165) is 5.56 Å². The maximum Gasteiger partial charge on any atom is 0.339 e. The summed E-state index contributed by atoms with van der Waals surface area (Å²) in [5, 5.41) is 1.21. The van der Waals surface area contributed by atoms with Gasteiger partial charge in [0.2, 0.25) is 0 Å². The lowest BCUT2D eigenvalue weighted by Crippen LogP contribution is -2.04. The Morgan fingerprint density at radius 3 is 2.48 bits per heavy atom. The fourth-order valence-electron chi connectivity index (χ4n) is 2.98. The van der Waals surface area contributed by atoms with Gasteiger partial charge in [0, 0.05) is 32.8 Å². The van der Waals surface area contributed by atoms with Gasteiger partial charge in [-0.25, -0.2) is 14.8 Å². The highest BCUT2D eigenvalue weighted by molar-refractivity contribution is 7.99. The lowest BCUT2D eigenvalue weighted by atomic mass is 10.2. The molecule has 0 unspecified atom stereocenters. The van der Waals surface area contributed by atoms with Crippen molar-refractivity contribution in [1.29, 1.82) is 0 Å². The van der Waals surface area contributed by atoms with Crippen LogP contribution in [0.3, 0.4) is 0 Å².